The molecule has 3 N–H and O–H groups in total. The van der Waals surface area contributed by atoms with Crippen molar-refractivity contribution in [1.82, 2.24) is 0 Å². The highest BCUT2D eigenvalue weighted by Crippen LogP contribution is 2.25. The van der Waals surface area contributed by atoms with Crippen LogP contribution >= 0.6 is 0 Å². The summed E-state index contributed by atoms with van der Waals surface area (Å²) in [6, 6.07) is 15.7. The fourth-order valence-corrected chi connectivity index (χ4v) is 4.64. The zero-order valence-electron chi connectivity index (χ0n) is 16.3. The molecule has 2 aromatic rings. The van der Waals surface area contributed by atoms with Crippen LogP contribution in [-0.4, -0.2) is 55.7 Å². The van der Waals surface area contributed by atoms with Gasteiger partial charge in [0.2, 0.25) is 0 Å². The number of anilines is 2. The van der Waals surface area contributed by atoms with Crippen molar-refractivity contribution in [2.45, 2.75) is 26.2 Å². The van der Waals surface area contributed by atoms with Crippen molar-refractivity contribution in [2.75, 3.05) is 37.2 Å². The van der Waals surface area contributed by atoms with E-state index < -0.39 is 8.07 Å². The van der Waals surface area contributed by atoms with Crippen molar-refractivity contribution in [3.63, 3.8) is 0 Å². The lowest BCUT2D eigenvalue weighted by Crippen LogP contribution is -2.59. The second-order valence-corrected chi connectivity index (χ2v) is 11.0. The van der Waals surface area contributed by atoms with E-state index in [0.29, 0.717) is 0 Å². The molecule has 0 aliphatic heterocycles. The minimum atomic E-state index is -2.63. The lowest BCUT2D eigenvalue weighted by atomic mass is 10.2. The summed E-state index contributed by atoms with van der Waals surface area (Å²) in [5, 5.41) is 29.7. The topological polar surface area (TPSA) is 73.2 Å². The van der Waals surface area contributed by atoms with Crippen molar-refractivity contribution >= 4 is 24.6 Å². The maximum Gasteiger partial charge on any atom is 0.168 e. The molecule has 0 saturated heterocycles. The molecule has 0 amide bonds. The van der Waals surface area contributed by atoms with Gasteiger partial charge in [-0.25, -0.2) is 0 Å². The Labute approximate surface area is 162 Å². The number of aliphatic hydroxyl groups is 3. The number of hydrogen-bond donors (Lipinski definition) is 3. The fraction of sp³-hybridized carbons (Fsp3) is 0.429. The van der Waals surface area contributed by atoms with E-state index in [4.69, 9.17) is 4.74 Å². The lowest BCUT2D eigenvalue weighted by Gasteiger charge is -2.26. The van der Waals surface area contributed by atoms with Gasteiger partial charge < -0.3 is 25.0 Å². The van der Waals surface area contributed by atoms with Gasteiger partial charge in [-0.3, -0.25) is 0 Å². The van der Waals surface area contributed by atoms with Crippen molar-refractivity contribution in [3.05, 3.63) is 48.5 Å². The van der Waals surface area contributed by atoms with Crippen molar-refractivity contribution in [1.29, 1.82) is 0 Å². The zero-order chi connectivity index (χ0) is 19.7. The first-order valence-electron chi connectivity index (χ1n) is 9.50. The molecule has 0 spiro atoms. The third-order valence-electron chi connectivity index (χ3n) is 5.02. The van der Waals surface area contributed by atoms with Crippen LogP contribution in [0, 0.1) is 0 Å². The number of unbranched alkanes of at least 4 members (excludes halogenated alkanes) is 2. The highest BCUT2D eigenvalue weighted by Gasteiger charge is 2.33. The van der Waals surface area contributed by atoms with Gasteiger partial charge in [0.1, 0.15) is 5.75 Å². The first-order valence-corrected chi connectivity index (χ1v) is 12.1. The Morgan fingerprint density at radius 3 is 1.81 bits per heavy atom. The summed E-state index contributed by atoms with van der Waals surface area (Å²) in [7, 11) is -0.638. The van der Waals surface area contributed by atoms with E-state index in [-0.39, 0.29) is 18.7 Å². The van der Waals surface area contributed by atoms with E-state index >= 15 is 0 Å². The summed E-state index contributed by atoms with van der Waals surface area (Å²) in [4.78, 5) is 2.06. The zero-order valence-corrected chi connectivity index (χ0v) is 17.3. The van der Waals surface area contributed by atoms with Crippen molar-refractivity contribution in [2.24, 2.45) is 0 Å². The maximum absolute atomic E-state index is 9.62. The van der Waals surface area contributed by atoms with E-state index in [9.17, 15) is 15.3 Å². The number of rotatable bonds is 11. The van der Waals surface area contributed by atoms with E-state index in [1.54, 1.807) is 0 Å². The highest BCUT2D eigenvalue weighted by atomic mass is 28.3. The molecular formula is C21H31NO4Si. The Balaban J connectivity index is 2.05. The van der Waals surface area contributed by atoms with Gasteiger partial charge in [-0.1, -0.05) is 37.1 Å². The second-order valence-electron chi connectivity index (χ2n) is 6.91. The van der Waals surface area contributed by atoms with Crippen LogP contribution < -0.4 is 14.8 Å². The van der Waals surface area contributed by atoms with Crippen molar-refractivity contribution < 1.29 is 20.1 Å². The molecule has 2 rings (SSSR count). The summed E-state index contributed by atoms with van der Waals surface area (Å²) in [6.07, 6.45) is 2.93. The molecule has 5 nitrogen and oxygen atoms in total. The molecule has 0 atom stereocenters. The van der Waals surface area contributed by atoms with Crippen LogP contribution in [0.3, 0.4) is 0 Å². The van der Waals surface area contributed by atoms with Crippen LogP contribution in [0.5, 0.6) is 5.75 Å². The molecule has 0 bridgehead atoms. The van der Waals surface area contributed by atoms with E-state index in [1.165, 1.54) is 12.8 Å². The second kappa shape index (κ2) is 10.5. The number of aliphatic hydroxyl groups excluding tert-OH is 3. The van der Waals surface area contributed by atoms with Gasteiger partial charge in [0, 0.05) is 37.1 Å². The smallest absolute Gasteiger partial charge is 0.168 e. The number of ether oxygens (including phenoxy) is 1. The van der Waals surface area contributed by atoms with Crippen LogP contribution in [-0.2, 0) is 0 Å². The highest BCUT2D eigenvalue weighted by molar-refractivity contribution is 6.91. The van der Waals surface area contributed by atoms with Crippen LogP contribution in [0.2, 0.25) is 0 Å². The van der Waals surface area contributed by atoms with E-state index in [2.05, 4.69) is 11.8 Å². The molecule has 0 aromatic heterocycles. The largest absolute Gasteiger partial charge is 0.494 e. The third kappa shape index (κ3) is 5.32. The molecule has 0 saturated carbocycles. The van der Waals surface area contributed by atoms with Crippen LogP contribution in [0.1, 0.15) is 26.2 Å². The Bertz CT molecular complexity index is 663. The van der Waals surface area contributed by atoms with Gasteiger partial charge in [-0.15, -0.1) is 0 Å². The molecule has 2 aromatic carbocycles. The van der Waals surface area contributed by atoms with Crippen molar-refractivity contribution in [3.8, 4) is 5.75 Å². The minimum absolute atomic E-state index is 0.172. The first kappa shape index (κ1) is 21.4. The number of benzene rings is 2. The summed E-state index contributed by atoms with van der Waals surface area (Å²) in [5.74, 6) is 0.878. The number of hydrogen-bond acceptors (Lipinski definition) is 5. The molecule has 27 heavy (non-hydrogen) atoms. The molecule has 0 fully saturated rings. The summed E-state index contributed by atoms with van der Waals surface area (Å²) in [6.45, 7) is 2.92. The van der Waals surface area contributed by atoms with Gasteiger partial charge in [0.15, 0.2) is 8.07 Å². The van der Waals surface area contributed by atoms with Crippen LogP contribution in [0.4, 0.5) is 11.4 Å². The van der Waals surface area contributed by atoms with Crippen LogP contribution in [0.25, 0.3) is 0 Å². The van der Waals surface area contributed by atoms with Gasteiger partial charge in [-0.2, -0.15) is 0 Å². The molecule has 0 radical (unpaired) electrons. The quantitative estimate of drug-likeness (QED) is 0.406. The van der Waals surface area contributed by atoms with E-state index in [0.717, 1.165) is 35.3 Å². The molecule has 0 aliphatic rings. The Hall–Kier alpha value is -1.86. The maximum atomic E-state index is 9.62. The normalized spacial score (nSPS) is 11.4. The molecular weight excluding hydrogens is 358 g/mol. The average molecular weight is 390 g/mol. The molecule has 6 heteroatoms. The number of nitrogens with zero attached hydrogens (tertiary/aromatic N) is 1. The molecule has 0 heterocycles. The summed E-state index contributed by atoms with van der Waals surface area (Å²) >= 11 is 0. The lowest BCUT2D eigenvalue weighted by molar-refractivity contribution is 0.293. The average Bonchev–Trinajstić information content (AvgIpc) is 2.73. The van der Waals surface area contributed by atoms with Crippen LogP contribution in [0.15, 0.2) is 48.5 Å². The summed E-state index contributed by atoms with van der Waals surface area (Å²) < 4.78 is 5.75. The Morgan fingerprint density at radius 1 is 0.815 bits per heavy atom. The standard InChI is InChI=1S/C21H31NO4Si/c1-3-4-5-14-26-20-10-6-18(7-11-20)22(2)19-8-12-21(13-9-19)27(15-23,16-24)17-25/h6-13,23-25H,3-5,14-17H2,1-2H3. The van der Waals surface area contributed by atoms with Gasteiger partial charge in [0.25, 0.3) is 0 Å². The Morgan fingerprint density at radius 2 is 1.33 bits per heavy atom. The van der Waals surface area contributed by atoms with Gasteiger partial charge in [0.05, 0.1) is 6.61 Å². The fourth-order valence-electron chi connectivity index (χ4n) is 2.92. The summed E-state index contributed by atoms with van der Waals surface area (Å²) in [5.41, 5.74) is 2.03. The van der Waals surface area contributed by atoms with Gasteiger partial charge in [-0.05, 0) is 42.8 Å². The molecule has 0 aliphatic carbocycles. The molecule has 0 unspecified atom stereocenters. The SMILES string of the molecule is CCCCCOc1ccc(N(C)c2ccc([Si](CO)(CO)CO)cc2)cc1. The third-order valence-corrected chi connectivity index (χ3v) is 8.39. The predicted molar refractivity (Wildman–Crippen MR) is 113 cm³/mol. The monoisotopic (exact) mass is 389 g/mol. The minimum Gasteiger partial charge on any atom is -0.494 e. The van der Waals surface area contributed by atoms with E-state index in [1.807, 2.05) is 55.6 Å². The Kier molecular flexibility index (Phi) is 8.31. The first-order chi connectivity index (χ1) is 13.1. The van der Waals surface area contributed by atoms with Gasteiger partial charge >= 0.3 is 0 Å². The molecule has 148 valence electrons. The predicted octanol–water partition coefficient (Wildman–Crippen LogP) is 2.27.